The van der Waals surface area contributed by atoms with Crippen LogP contribution in [0.3, 0.4) is 0 Å². The Balaban J connectivity index is 2.05. The molecule has 0 bridgehead atoms. The minimum absolute atomic E-state index is 0.0313. The molecule has 1 amide bonds. The van der Waals surface area contributed by atoms with E-state index in [0.717, 1.165) is 45.8 Å². The summed E-state index contributed by atoms with van der Waals surface area (Å²) in [5, 5.41) is 0. The zero-order chi connectivity index (χ0) is 23.6. The van der Waals surface area contributed by atoms with E-state index in [0.29, 0.717) is 11.8 Å². The van der Waals surface area contributed by atoms with Gasteiger partial charge in [0.1, 0.15) is 12.1 Å². The molecule has 0 aliphatic rings. The molecule has 8 heteroatoms. The molecule has 172 valence electrons. The van der Waals surface area contributed by atoms with E-state index >= 15 is 0 Å². The number of hydrogen-bond acceptors (Lipinski definition) is 6. The molecule has 0 N–H and O–H groups in total. The number of hydrogen-bond donors (Lipinski definition) is 0. The van der Waals surface area contributed by atoms with E-state index in [2.05, 4.69) is 30.3 Å². The van der Waals surface area contributed by atoms with Gasteiger partial charge in [-0.2, -0.15) is 0 Å². The van der Waals surface area contributed by atoms with Crippen LogP contribution in [0.15, 0.2) is 18.3 Å². The monoisotopic (exact) mass is 439 g/mol. The maximum absolute atomic E-state index is 11.9. The van der Waals surface area contributed by atoms with Crippen molar-refractivity contribution in [2.45, 2.75) is 53.0 Å². The summed E-state index contributed by atoms with van der Waals surface area (Å²) in [5.74, 6) is 0.850. The van der Waals surface area contributed by atoms with Gasteiger partial charge in [-0.15, -0.1) is 0 Å². The first-order chi connectivity index (χ1) is 15.2. The van der Waals surface area contributed by atoms with Crippen LogP contribution >= 0.6 is 0 Å². The van der Waals surface area contributed by atoms with Crippen LogP contribution in [0.2, 0.25) is 0 Å². The lowest BCUT2D eigenvalue weighted by atomic mass is 10.1. The van der Waals surface area contributed by atoms with Gasteiger partial charge in [0.05, 0.1) is 30.1 Å². The van der Waals surface area contributed by atoms with Crippen molar-refractivity contribution < 1.29 is 14.3 Å². The van der Waals surface area contributed by atoms with E-state index in [1.807, 2.05) is 32.2 Å². The average Bonchev–Trinajstić information content (AvgIpc) is 3.08. The highest BCUT2D eigenvalue weighted by atomic mass is 16.6. The largest absolute Gasteiger partial charge is 0.480 e. The third-order valence-corrected chi connectivity index (χ3v) is 5.55. The molecular weight excluding hydrogens is 406 g/mol. The Morgan fingerprint density at radius 2 is 1.88 bits per heavy atom. The highest BCUT2D eigenvalue weighted by Crippen LogP contribution is 2.33. The fraction of sp³-hybridized carbons (Fsp3) is 0.500. The number of carbonyl (C=O) groups excluding carboxylic acids is 1. The summed E-state index contributed by atoms with van der Waals surface area (Å²) in [6.45, 7) is 10.5. The number of aromatic nitrogens is 4. The van der Waals surface area contributed by atoms with E-state index in [-0.39, 0.29) is 18.7 Å². The summed E-state index contributed by atoms with van der Waals surface area (Å²) < 4.78 is 13.1. The molecule has 0 aliphatic carbocycles. The SMILES string of the molecule is CC[C@H](COC(=O)N(C)C)n1cc(C)c2nc(-c3ccc(C(C)C)nc3OC)c(C)nc21. The number of nitrogens with zero attached hydrogens (tertiary/aromatic N) is 5. The summed E-state index contributed by atoms with van der Waals surface area (Å²) in [5.41, 5.74) is 5.94. The van der Waals surface area contributed by atoms with Crippen LogP contribution in [-0.4, -0.2) is 58.3 Å². The van der Waals surface area contributed by atoms with Gasteiger partial charge >= 0.3 is 6.09 Å². The van der Waals surface area contributed by atoms with Gasteiger partial charge in [-0.3, -0.25) is 0 Å². The van der Waals surface area contributed by atoms with Crippen LogP contribution in [0.25, 0.3) is 22.4 Å². The molecule has 3 rings (SSSR count). The van der Waals surface area contributed by atoms with Crippen molar-refractivity contribution in [1.82, 2.24) is 24.4 Å². The second-order valence-electron chi connectivity index (χ2n) is 8.53. The first-order valence-corrected chi connectivity index (χ1v) is 10.9. The van der Waals surface area contributed by atoms with E-state index in [1.54, 1.807) is 21.2 Å². The summed E-state index contributed by atoms with van der Waals surface area (Å²) >= 11 is 0. The Labute approximate surface area is 189 Å². The van der Waals surface area contributed by atoms with Crippen LogP contribution in [0.5, 0.6) is 5.88 Å². The topological polar surface area (TPSA) is 82.4 Å². The van der Waals surface area contributed by atoms with E-state index < -0.39 is 0 Å². The van der Waals surface area contributed by atoms with Crippen LogP contribution in [0.1, 0.15) is 56.1 Å². The zero-order valence-electron chi connectivity index (χ0n) is 20.3. The Kier molecular flexibility index (Phi) is 7.01. The highest BCUT2D eigenvalue weighted by molar-refractivity contribution is 5.81. The number of amides is 1. The number of rotatable bonds is 7. The zero-order valence-corrected chi connectivity index (χ0v) is 20.3. The average molecular weight is 440 g/mol. The molecule has 3 aromatic rings. The van der Waals surface area contributed by atoms with Crippen molar-refractivity contribution in [1.29, 1.82) is 0 Å². The van der Waals surface area contributed by atoms with Gasteiger partial charge in [-0.05, 0) is 43.9 Å². The van der Waals surface area contributed by atoms with Crippen LogP contribution < -0.4 is 4.74 Å². The first kappa shape index (κ1) is 23.5. The van der Waals surface area contributed by atoms with Crippen LogP contribution in [0, 0.1) is 13.8 Å². The lowest BCUT2D eigenvalue weighted by Gasteiger charge is -2.20. The maximum Gasteiger partial charge on any atom is 0.409 e. The molecule has 0 saturated heterocycles. The Morgan fingerprint density at radius 3 is 2.47 bits per heavy atom. The first-order valence-electron chi connectivity index (χ1n) is 10.9. The third kappa shape index (κ3) is 4.54. The molecule has 0 spiro atoms. The van der Waals surface area contributed by atoms with Crippen LogP contribution in [0.4, 0.5) is 4.79 Å². The van der Waals surface area contributed by atoms with Crippen LogP contribution in [-0.2, 0) is 4.74 Å². The summed E-state index contributed by atoms with van der Waals surface area (Å²) in [6, 6.07) is 3.99. The summed E-state index contributed by atoms with van der Waals surface area (Å²) in [7, 11) is 4.97. The molecule has 0 fully saturated rings. The van der Waals surface area contributed by atoms with Gasteiger partial charge in [-0.1, -0.05) is 20.8 Å². The molecule has 0 saturated carbocycles. The number of aryl methyl sites for hydroxylation is 2. The van der Waals surface area contributed by atoms with Crippen molar-refractivity contribution in [3.05, 3.63) is 35.3 Å². The second kappa shape index (κ2) is 9.54. The third-order valence-electron chi connectivity index (χ3n) is 5.55. The van der Waals surface area contributed by atoms with Gasteiger partial charge in [0.25, 0.3) is 0 Å². The minimum atomic E-state index is -0.356. The van der Waals surface area contributed by atoms with E-state index in [1.165, 1.54) is 4.90 Å². The molecule has 8 nitrogen and oxygen atoms in total. The molecule has 0 aromatic carbocycles. The minimum Gasteiger partial charge on any atom is -0.480 e. The number of methoxy groups -OCH3 is 1. The highest BCUT2D eigenvalue weighted by Gasteiger charge is 2.21. The molecule has 0 unspecified atom stereocenters. The fourth-order valence-electron chi connectivity index (χ4n) is 3.62. The van der Waals surface area contributed by atoms with Crippen molar-refractivity contribution in [2.24, 2.45) is 0 Å². The molecule has 3 heterocycles. The van der Waals surface area contributed by atoms with Crippen molar-refractivity contribution in [3.8, 4) is 17.1 Å². The Bertz CT molecular complexity index is 1120. The molecule has 1 atom stereocenters. The maximum atomic E-state index is 11.9. The second-order valence-corrected chi connectivity index (χ2v) is 8.53. The predicted octanol–water partition coefficient (Wildman–Crippen LogP) is 4.89. The molecule has 0 aliphatic heterocycles. The summed E-state index contributed by atoms with van der Waals surface area (Å²) in [6.07, 6.45) is 2.47. The van der Waals surface area contributed by atoms with Gasteiger partial charge < -0.3 is 18.9 Å². The lowest BCUT2D eigenvalue weighted by Crippen LogP contribution is -2.26. The standard InChI is InChI=1S/C24H33N5O3/c1-9-17(13-32-24(30)28(6)7)29-12-15(4)20-22(29)25-16(5)21(27-20)18-10-11-19(14(2)3)26-23(18)31-8/h10-12,14,17H,9,13H2,1-8H3/t17-/m1/s1. The predicted molar refractivity (Wildman–Crippen MR) is 125 cm³/mol. The smallest absolute Gasteiger partial charge is 0.409 e. The van der Waals surface area contributed by atoms with E-state index in [4.69, 9.17) is 19.4 Å². The summed E-state index contributed by atoms with van der Waals surface area (Å²) in [4.78, 5) is 27.9. The normalized spacial score (nSPS) is 12.3. The molecule has 3 aromatic heterocycles. The Hall–Kier alpha value is -3.16. The number of fused-ring (bicyclic) bond motifs is 1. The van der Waals surface area contributed by atoms with Gasteiger partial charge in [0, 0.05) is 26.0 Å². The number of carbonyl (C=O) groups is 1. The molecule has 0 radical (unpaired) electrons. The lowest BCUT2D eigenvalue weighted by molar-refractivity contribution is 0.103. The fourth-order valence-corrected chi connectivity index (χ4v) is 3.62. The number of ether oxygens (including phenoxy) is 2. The number of pyridine rings is 1. The van der Waals surface area contributed by atoms with Crippen molar-refractivity contribution >= 4 is 17.3 Å². The quantitative estimate of drug-likeness (QED) is 0.521. The van der Waals surface area contributed by atoms with Gasteiger partial charge in [0.15, 0.2) is 5.65 Å². The van der Waals surface area contributed by atoms with Gasteiger partial charge in [0.2, 0.25) is 5.88 Å². The van der Waals surface area contributed by atoms with Crippen molar-refractivity contribution in [3.63, 3.8) is 0 Å². The van der Waals surface area contributed by atoms with Crippen molar-refractivity contribution in [2.75, 3.05) is 27.8 Å². The van der Waals surface area contributed by atoms with Gasteiger partial charge in [-0.25, -0.2) is 19.7 Å². The Morgan fingerprint density at radius 1 is 1.16 bits per heavy atom. The van der Waals surface area contributed by atoms with E-state index in [9.17, 15) is 4.79 Å². The molecular formula is C24H33N5O3. The molecule has 32 heavy (non-hydrogen) atoms.